The molecule has 2 saturated carbocycles. The predicted molar refractivity (Wildman–Crippen MR) is 121 cm³/mol. The molecule has 1 spiro atoms. The van der Waals surface area contributed by atoms with Crippen LogP contribution in [0.2, 0.25) is 0 Å². The minimum Gasteiger partial charge on any atom is -0.387 e. The number of rotatable bonds is 1. The molecule has 0 unspecified atom stereocenters. The average Bonchev–Trinajstić information content (AvgIpc) is 3.43. The van der Waals surface area contributed by atoms with Gasteiger partial charge in [0.2, 0.25) is 5.79 Å². The summed E-state index contributed by atoms with van der Waals surface area (Å²) in [7, 11) is 0. The maximum Gasteiger partial charge on any atom is 0.224 e. The van der Waals surface area contributed by atoms with E-state index in [1.165, 1.54) is 22.2 Å². The minimum absolute atomic E-state index is 0.0286. The molecule has 5 heteroatoms. The van der Waals surface area contributed by atoms with E-state index in [0.29, 0.717) is 12.3 Å². The number of aliphatic hydroxyl groups excluding tert-OH is 1. The molecule has 8 atom stereocenters. The van der Waals surface area contributed by atoms with Crippen LogP contribution in [0.15, 0.2) is 24.3 Å². The summed E-state index contributed by atoms with van der Waals surface area (Å²) in [6.45, 7) is 8.38. The van der Waals surface area contributed by atoms with E-state index < -0.39 is 23.1 Å². The van der Waals surface area contributed by atoms with Gasteiger partial charge in [0.05, 0.1) is 6.10 Å². The maximum absolute atomic E-state index is 11.1. The second-order valence-corrected chi connectivity index (χ2v) is 12.3. The van der Waals surface area contributed by atoms with Gasteiger partial charge >= 0.3 is 0 Å². The Hall–Kier alpha value is -1.40. The molecular weight excluding hydrogens is 402 g/mol. The van der Waals surface area contributed by atoms with E-state index in [0.717, 1.165) is 32.1 Å². The molecule has 0 amide bonds. The fourth-order valence-corrected chi connectivity index (χ4v) is 9.21. The first-order chi connectivity index (χ1) is 15.1. The molecule has 5 nitrogen and oxygen atoms in total. The average molecular weight is 438 g/mol. The molecule has 5 aliphatic rings. The molecule has 3 aliphatic carbocycles. The van der Waals surface area contributed by atoms with Crippen molar-refractivity contribution >= 4 is 10.9 Å². The zero-order chi connectivity index (χ0) is 22.3. The quantitative estimate of drug-likeness (QED) is 0.625. The summed E-state index contributed by atoms with van der Waals surface area (Å²) in [5, 5.41) is 23.4. The summed E-state index contributed by atoms with van der Waals surface area (Å²) >= 11 is 0. The number of fused-ring (bicyclic) bond motifs is 8. The first-order valence-electron chi connectivity index (χ1n) is 12.5. The van der Waals surface area contributed by atoms with Crippen molar-refractivity contribution in [2.75, 3.05) is 0 Å². The number of nitrogens with one attached hydrogen (secondary N) is 1. The summed E-state index contributed by atoms with van der Waals surface area (Å²) in [5.41, 5.74) is 2.46. The number of benzene rings is 1. The molecule has 3 N–H and O–H groups in total. The van der Waals surface area contributed by atoms with Gasteiger partial charge in [-0.05, 0) is 74.8 Å². The van der Waals surface area contributed by atoms with Crippen molar-refractivity contribution in [3.63, 3.8) is 0 Å². The smallest absolute Gasteiger partial charge is 0.224 e. The number of para-hydroxylation sites is 1. The predicted octanol–water partition coefficient (Wildman–Crippen LogP) is 4.19. The third-order valence-corrected chi connectivity index (χ3v) is 10.9. The minimum atomic E-state index is -1.32. The van der Waals surface area contributed by atoms with Crippen molar-refractivity contribution in [2.24, 2.45) is 17.3 Å². The van der Waals surface area contributed by atoms with Gasteiger partial charge in [-0.25, -0.2) is 0 Å². The van der Waals surface area contributed by atoms with Crippen LogP contribution in [0.5, 0.6) is 0 Å². The number of aromatic amines is 1. The van der Waals surface area contributed by atoms with Gasteiger partial charge in [-0.2, -0.15) is 0 Å². The SMILES string of the molecule is CC(C)(O)[C@@]12O[C@H]3CC[C@@]4(C)[C@@H](CC[C@H]5Cc6c([nH]c7ccccc67)[C@@]54C)[C@@]3(C[C@H]1O)O2. The zero-order valence-electron chi connectivity index (χ0n) is 19.6. The second-order valence-electron chi connectivity index (χ2n) is 12.3. The molecule has 2 aliphatic heterocycles. The molecule has 1 aromatic carbocycles. The highest BCUT2D eigenvalue weighted by Crippen LogP contribution is 2.73. The fourth-order valence-electron chi connectivity index (χ4n) is 9.21. The number of aliphatic hydroxyl groups is 2. The molecule has 1 aromatic heterocycles. The van der Waals surface area contributed by atoms with Crippen molar-refractivity contribution in [2.45, 2.75) is 101 Å². The van der Waals surface area contributed by atoms with Gasteiger partial charge in [0.25, 0.3) is 0 Å². The van der Waals surface area contributed by atoms with E-state index in [-0.39, 0.29) is 22.9 Å². The lowest BCUT2D eigenvalue weighted by atomic mass is 9.42. The topological polar surface area (TPSA) is 74.7 Å². The van der Waals surface area contributed by atoms with Gasteiger partial charge < -0.3 is 24.7 Å². The van der Waals surface area contributed by atoms with E-state index in [4.69, 9.17) is 9.47 Å². The Balaban J connectivity index is 1.38. The second kappa shape index (κ2) is 5.63. The Bertz CT molecular complexity index is 1130. The van der Waals surface area contributed by atoms with E-state index in [1.807, 2.05) is 0 Å². The Morgan fingerprint density at radius 3 is 2.69 bits per heavy atom. The van der Waals surface area contributed by atoms with Crippen molar-refractivity contribution in [3.8, 4) is 0 Å². The molecule has 7 rings (SSSR count). The lowest BCUT2D eigenvalue weighted by Crippen LogP contribution is -2.66. The highest BCUT2D eigenvalue weighted by molar-refractivity contribution is 5.86. The molecule has 4 fully saturated rings. The summed E-state index contributed by atoms with van der Waals surface area (Å²) in [4.78, 5) is 3.85. The van der Waals surface area contributed by atoms with Crippen molar-refractivity contribution in [1.82, 2.24) is 4.98 Å². The molecular formula is C27H35NO4. The number of hydrogen-bond donors (Lipinski definition) is 3. The van der Waals surface area contributed by atoms with E-state index in [1.54, 1.807) is 13.8 Å². The highest BCUT2D eigenvalue weighted by atomic mass is 16.8. The normalized spacial score (nSPS) is 49.1. The fraction of sp³-hybridized carbons (Fsp3) is 0.704. The summed E-state index contributed by atoms with van der Waals surface area (Å²) in [5.74, 6) is -0.410. The van der Waals surface area contributed by atoms with Gasteiger partial charge in [0.15, 0.2) is 0 Å². The Morgan fingerprint density at radius 1 is 1.12 bits per heavy atom. The molecule has 2 aromatic rings. The highest BCUT2D eigenvalue weighted by Gasteiger charge is 2.79. The van der Waals surface area contributed by atoms with Crippen molar-refractivity contribution < 1.29 is 19.7 Å². The third-order valence-electron chi connectivity index (χ3n) is 10.9. The van der Waals surface area contributed by atoms with Gasteiger partial charge in [-0.1, -0.05) is 32.0 Å². The molecule has 2 saturated heterocycles. The molecule has 3 heterocycles. The summed E-state index contributed by atoms with van der Waals surface area (Å²) < 4.78 is 13.2. The van der Waals surface area contributed by atoms with E-state index >= 15 is 0 Å². The standard InChI is InChI=1S/C27H35NO4/c1-23(2,30)27-20(29)14-26(32-27)19-10-9-15-13-17-16-7-5-6-8-18(16)28-22(17)25(15,4)24(19,3)12-11-21(26)31-27/h5-8,15,19-21,28-30H,9-14H2,1-4H3/t15-,19+,20+,21-,24-,25+,26+,27+/m0/s1. The maximum atomic E-state index is 11.1. The molecule has 0 radical (unpaired) electrons. The van der Waals surface area contributed by atoms with Gasteiger partial charge in [-0.15, -0.1) is 0 Å². The number of H-pyrrole nitrogens is 1. The lowest BCUT2D eigenvalue weighted by molar-refractivity contribution is -0.292. The number of aromatic nitrogens is 1. The summed E-state index contributed by atoms with van der Waals surface area (Å²) in [6.07, 6.45) is 5.08. The third kappa shape index (κ3) is 1.92. The molecule has 172 valence electrons. The summed E-state index contributed by atoms with van der Waals surface area (Å²) in [6, 6.07) is 8.72. The number of ether oxygens (including phenoxy) is 2. The zero-order valence-corrected chi connectivity index (χ0v) is 19.6. The number of hydrogen-bond acceptors (Lipinski definition) is 4. The van der Waals surface area contributed by atoms with Crippen LogP contribution in [0, 0.1) is 17.3 Å². The van der Waals surface area contributed by atoms with Gasteiger partial charge in [-0.3, -0.25) is 0 Å². The lowest BCUT2D eigenvalue weighted by Gasteiger charge is -2.63. The largest absolute Gasteiger partial charge is 0.387 e. The monoisotopic (exact) mass is 437 g/mol. The van der Waals surface area contributed by atoms with Crippen LogP contribution in [-0.4, -0.2) is 44.4 Å². The molecule has 32 heavy (non-hydrogen) atoms. The Labute approximate surface area is 189 Å². The van der Waals surface area contributed by atoms with E-state index in [2.05, 4.69) is 43.1 Å². The Kier molecular flexibility index (Phi) is 3.52. The van der Waals surface area contributed by atoms with Crippen LogP contribution in [0.4, 0.5) is 0 Å². The van der Waals surface area contributed by atoms with Crippen molar-refractivity contribution in [3.05, 3.63) is 35.5 Å². The van der Waals surface area contributed by atoms with Gasteiger partial charge in [0, 0.05) is 28.4 Å². The first kappa shape index (κ1) is 20.0. The van der Waals surface area contributed by atoms with Crippen LogP contribution in [0.3, 0.4) is 0 Å². The van der Waals surface area contributed by atoms with Crippen molar-refractivity contribution in [1.29, 1.82) is 0 Å². The van der Waals surface area contributed by atoms with Crippen LogP contribution in [-0.2, 0) is 21.3 Å². The Morgan fingerprint density at radius 2 is 1.91 bits per heavy atom. The van der Waals surface area contributed by atoms with E-state index in [9.17, 15) is 10.2 Å². The first-order valence-corrected chi connectivity index (χ1v) is 12.5. The van der Waals surface area contributed by atoms with Crippen LogP contribution >= 0.6 is 0 Å². The van der Waals surface area contributed by atoms with Gasteiger partial charge in [0.1, 0.15) is 17.3 Å². The van der Waals surface area contributed by atoms with Crippen LogP contribution in [0.25, 0.3) is 10.9 Å². The van der Waals surface area contributed by atoms with Crippen LogP contribution in [0.1, 0.15) is 71.1 Å². The molecule has 2 bridgehead atoms. The van der Waals surface area contributed by atoms with Crippen LogP contribution < -0.4 is 0 Å².